The van der Waals surface area contributed by atoms with Crippen molar-refractivity contribution in [2.75, 3.05) is 39.3 Å². The van der Waals surface area contributed by atoms with E-state index in [0.717, 1.165) is 62.7 Å². The minimum Gasteiger partial charge on any atom is -0.410 e. The van der Waals surface area contributed by atoms with Crippen LogP contribution in [0, 0.1) is 0 Å². The molecule has 9 nitrogen and oxygen atoms in total. The Morgan fingerprint density at radius 1 is 0.500 bits per heavy atom. The Hall–Kier alpha value is -3.75. The van der Waals surface area contributed by atoms with Gasteiger partial charge in [0, 0.05) is 45.3 Å². The second-order valence-electron chi connectivity index (χ2n) is 10.1. The van der Waals surface area contributed by atoms with E-state index in [2.05, 4.69) is 0 Å². The molecule has 2 aromatic carbocycles. The molecular weight excluding hydrogens is 486 g/mol. The fourth-order valence-electron chi connectivity index (χ4n) is 5.10. The maximum Gasteiger partial charge on any atom is 0.415 e. The summed E-state index contributed by atoms with van der Waals surface area (Å²) in [6, 6.07) is 12.8. The molecular formula is C29H35N3O6. The van der Waals surface area contributed by atoms with Crippen molar-refractivity contribution in [3.05, 3.63) is 53.6 Å². The Labute approximate surface area is 223 Å². The number of carbonyl (C=O) groups is 3. The van der Waals surface area contributed by atoms with E-state index in [1.165, 1.54) is 0 Å². The summed E-state index contributed by atoms with van der Waals surface area (Å²) in [6.45, 7) is 4.27. The van der Waals surface area contributed by atoms with Crippen molar-refractivity contribution < 1.29 is 28.6 Å². The first-order valence-corrected chi connectivity index (χ1v) is 13.7. The monoisotopic (exact) mass is 521 g/mol. The molecule has 0 unspecified atom stereocenters. The number of hydrogen-bond acceptors (Lipinski definition) is 6. The number of nitrogens with zero attached hydrogens (tertiary/aromatic N) is 3. The molecule has 3 aliphatic rings. The molecule has 3 amide bonds. The van der Waals surface area contributed by atoms with Crippen molar-refractivity contribution >= 4 is 18.3 Å². The van der Waals surface area contributed by atoms with Gasteiger partial charge in [0.05, 0.1) is 0 Å². The van der Waals surface area contributed by atoms with E-state index in [0.29, 0.717) is 56.3 Å². The van der Waals surface area contributed by atoms with E-state index < -0.39 is 0 Å². The maximum atomic E-state index is 12.6. The van der Waals surface area contributed by atoms with Crippen LogP contribution in [-0.2, 0) is 12.8 Å². The number of hydrogen-bond donors (Lipinski definition) is 0. The highest BCUT2D eigenvalue weighted by atomic mass is 16.6. The van der Waals surface area contributed by atoms with Gasteiger partial charge in [0.2, 0.25) is 0 Å². The predicted molar refractivity (Wildman–Crippen MR) is 141 cm³/mol. The second kappa shape index (κ2) is 12.2. The largest absolute Gasteiger partial charge is 0.415 e. The quantitative estimate of drug-likeness (QED) is 0.516. The van der Waals surface area contributed by atoms with E-state index in [4.69, 9.17) is 14.2 Å². The van der Waals surface area contributed by atoms with Crippen LogP contribution < -0.4 is 14.2 Å². The summed E-state index contributed by atoms with van der Waals surface area (Å²) in [5, 5.41) is 0. The topological polar surface area (TPSA) is 88.6 Å². The molecule has 0 radical (unpaired) electrons. The van der Waals surface area contributed by atoms with Gasteiger partial charge in [0.1, 0.15) is 17.2 Å². The van der Waals surface area contributed by atoms with Crippen LogP contribution >= 0.6 is 0 Å². The number of aryl methyl sites for hydroxylation is 2. The molecule has 0 aromatic heterocycles. The molecule has 3 heterocycles. The highest BCUT2D eigenvalue weighted by Gasteiger charge is 2.23. The van der Waals surface area contributed by atoms with Gasteiger partial charge >= 0.3 is 18.3 Å². The highest BCUT2D eigenvalue weighted by molar-refractivity contribution is 5.73. The Balaban J connectivity index is 1.23. The first-order chi connectivity index (χ1) is 18.5. The zero-order chi connectivity index (χ0) is 26.3. The number of rotatable bonds is 6. The predicted octanol–water partition coefficient (Wildman–Crippen LogP) is 5.26. The minimum atomic E-state index is -0.379. The van der Waals surface area contributed by atoms with Crippen molar-refractivity contribution in [1.29, 1.82) is 0 Å². The van der Waals surface area contributed by atoms with Crippen molar-refractivity contribution in [3.63, 3.8) is 0 Å². The third-order valence-corrected chi connectivity index (χ3v) is 7.27. The molecule has 3 saturated heterocycles. The normalized spacial score (nSPS) is 17.1. The summed E-state index contributed by atoms with van der Waals surface area (Å²) >= 11 is 0. The average Bonchev–Trinajstić information content (AvgIpc) is 3.72. The molecule has 38 heavy (non-hydrogen) atoms. The summed E-state index contributed by atoms with van der Waals surface area (Å²) in [5.74, 6) is 1.26. The molecule has 0 aliphatic carbocycles. The SMILES string of the molecule is O=C(Oc1ccc(CCc2cc(OC(=O)N3CCCC3)cc(OC(=O)N3CCCC3)c2)cc1)N1CCCC1. The Morgan fingerprint density at radius 3 is 1.29 bits per heavy atom. The van der Waals surface area contributed by atoms with Gasteiger partial charge in [-0.2, -0.15) is 0 Å². The smallest absolute Gasteiger partial charge is 0.410 e. The molecule has 0 spiro atoms. The number of carbonyl (C=O) groups excluding carboxylic acids is 3. The van der Waals surface area contributed by atoms with E-state index in [1.54, 1.807) is 32.9 Å². The second-order valence-corrected chi connectivity index (χ2v) is 10.1. The van der Waals surface area contributed by atoms with Gasteiger partial charge in [-0.25, -0.2) is 14.4 Å². The van der Waals surface area contributed by atoms with E-state index in [-0.39, 0.29) is 18.3 Å². The molecule has 0 N–H and O–H groups in total. The number of ether oxygens (including phenoxy) is 3. The molecule has 3 fully saturated rings. The minimum absolute atomic E-state index is 0.299. The van der Waals surface area contributed by atoms with Crippen LogP contribution in [-0.4, -0.2) is 72.2 Å². The molecule has 5 rings (SSSR count). The van der Waals surface area contributed by atoms with Crippen molar-refractivity contribution in [1.82, 2.24) is 14.7 Å². The lowest BCUT2D eigenvalue weighted by atomic mass is 10.0. The number of likely N-dealkylation sites (tertiary alicyclic amines) is 3. The van der Waals surface area contributed by atoms with E-state index in [1.807, 2.05) is 24.3 Å². The summed E-state index contributed by atoms with van der Waals surface area (Å²) < 4.78 is 16.8. The fourth-order valence-corrected chi connectivity index (χ4v) is 5.10. The Bertz CT molecular complexity index is 1090. The molecule has 3 aliphatic heterocycles. The fraction of sp³-hybridized carbons (Fsp3) is 0.483. The van der Waals surface area contributed by atoms with Crippen LogP contribution in [0.25, 0.3) is 0 Å². The highest BCUT2D eigenvalue weighted by Crippen LogP contribution is 2.27. The van der Waals surface area contributed by atoms with Crippen molar-refractivity contribution in [3.8, 4) is 17.2 Å². The van der Waals surface area contributed by atoms with E-state index in [9.17, 15) is 14.4 Å². The zero-order valence-electron chi connectivity index (χ0n) is 21.7. The molecule has 202 valence electrons. The van der Waals surface area contributed by atoms with Gasteiger partial charge in [-0.05, 0) is 86.8 Å². The summed E-state index contributed by atoms with van der Waals surface area (Å²) in [5.41, 5.74) is 1.96. The lowest BCUT2D eigenvalue weighted by Crippen LogP contribution is -2.31. The number of amides is 3. The van der Waals surface area contributed by atoms with Gasteiger partial charge in [-0.3, -0.25) is 0 Å². The van der Waals surface area contributed by atoms with Gasteiger partial charge in [-0.1, -0.05) is 12.1 Å². The Kier molecular flexibility index (Phi) is 8.31. The molecule has 2 aromatic rings. The third kappa shape index (κ3) is 6.76. The van der Waals surface area contributed by atoms with Crippen LogP contribution in [0.2, 0.25) is 0 Å². The summed E-state index contributed by atoms with van der Waals surface area (Å²) in [4.78, 5) is 42.5. The van der Waals surface area contributed by atoms with Gasteiger partial charge in [0.25, 0.3) is 0 Å². The zero-order valence-corrected chi connectivity index (χ0v) is 21.7. The lowest BCUT2D eigenvalue weighted by molar-refractivity contribution is 0.160. The summed E-state index contributed by atoms with van der Waals surface area (Å²) in [6.07, 6.45) is 6.25. The lowest BCUT2D eigenvalue weighted by Gasteiger charge is -2.18. The van der Waals surface area contributed by atoms with Crippen LogP contribution in [0.5, 0.6) is 17.2 Å². The first-order valence-electron chi connectivity index (χ1n) is 13.7. The molecule has 9 heteroatoms. The standard InChI is InChI=1S/C29H35N3O6/c33-27(30-13-1-2-14-30)36-24-11-9-22(10-12-24)7-8-23-19-25(37-28(34)31-15-3-4-16-31)21-26(20-23)38-29(35)32-17-5-6-18-32/h9-12,19-21H,1-8,13-18H2. The molecule has 0 saturated carbocycles. The average molecular weight is 522 g/mol. The first kappa shape index (κ1) is 25.9. The molecule has 0 bridgehead atoms. The van der Waals surface area contributed by atoms with Crippen LogP contribution in [0.3, 0.4) is 0 Å². The summed E-state index contributed by atoms with van der Waals surface area (Å²) in [7, 11) is 0. The van der Waals surface area contributed by atoms with Crippen molar-refractivity contribution in [2.45, 2.75) is 51.4 Å². The van der Waals surface area contributed by atoms with Crippen LogP contribution in [0.4, 0.5) is 14.4 Å². The maximum absolute atomic E-state index is 12.6. The van der Waals surface area contributed by atoms with Gasteiger partial charge < -0.3 is 28.9 Å². The van der Waals surface area contributed by atoms with Gasteiger partial charge in [-0.15, -0.1) is 0 Å². The Morgan fingerprint density at radius 2 is 0.868 bits per heavy atom. The number of benzene rings is 2. The molecule has 0 atom stereocenters. The van der Waals surface area contributed by atoms with Crippen molar-refractivity contribution in [2.24, 2.45) is 0 Å². The van der Waals surface area contributed by atoms with Gasteiger partial charge in [0.15, 0.2) is 0 Å². The third-order valence-electron chi connectivity index (χ3n) is 7.27. The van der Waals surface area contributed by atoms with Crippen LogP contribution in [0.15, 0.2) is 42.5 Å². The van der Waals surface area contributed by atoms with E-state index >= 15 is 0 Å². The van der Waals surface area contributed by atoms with Crippen LogP contribution in [0.1, 0.15) is 49.7 Å².